The summed E-state index contributed by atoms with van der Waals surface area (Å²) in [6.45, 7) is 3.25. The minimum Gasteiger partial charge on any atom is -0.415 e. The highest BCUT2D eigenvalue weighted by molar-refractivity contribution is 7.89. The first-order chi connectivity index (χ1) is 19.6. The highest BCUT2D eigenvalue weighted by Gasteiger charge is 2.44. The van der Waals surface area contributed by atoms with E-state index in [0.717, 1.165) is 25.9 Å². The van der Waals surface area contributed by atoms with Gasteiger partial charge >= 0.3 is 0 Å². The molecule has 11 nitrogen and oxygen atoms in total. The van der Waals surface area contributed by atoms with Gasteiger partial charge in [0.1, 0.15) is 5.69 Å². The van der Waals surface area contributed by atoms with Crippen molar-refractivity contribution in [2.24, 2.45) is 5.41 Å². The Morgan fingerprint density at radius 3 is 2.32 bits per heavy atom. The van der Waals surface area contributed by atoms with Crippen molar-refractivity contribution in [2.45, 2.75) is 56.3 Å². The van der Waals surface area contributed by atoms with Crippen molar-refractivity contribution < 1.29 is 26.7 Å². The predicted molar refractivity (Wildman–Crippen MR) is 147 cm³/mol. The van der Waals surface area contributed by atoms with Crippen LogP contribution in [0.4, 0.5) is 20.4 Å². The fourth-order valence-electron chi connectivity index (χ4n) is 5.56. The van der Waals surface area contributed by atoms with E-state index in [0.29, 0.717) is 34.0 Å². The molecule has 0 atom stereocenters. The Morgan fingerprint density at radius 1 is 0.951 bits per heavy atom. The number of hydrogen-bond donors (Lipinski definition) is 2. The summed E-state index contributed by atoms with van der Waals surface area (Å²) in [5.41, 5.74) is 2.71. The van der Waals surface area contributed by atoms with Crippen LogP contribution in [0, 0.1) is 12.3 Å². The number of alkyl halides is 2. The predicted octanol–water partition coefficient (Wildman–Crippen LogP) is 3.39. The van der Waals surface area contributed by atoms with E-state index >= 15 is 0 Å². The Bertz CT molecular complexity index is 1520. The molecule has 0 amide bonds. The molecule has 0 bridgehead atoms. The number of aromatic nitrogens is 4. The van der Waals surface area contributed by atoms with Crippen LogP contribution in [-0.4, -0.2) is 78.9 Å². The normalized spacial score (nSPS) is 20.0. The Labute approximate surface area is 237 Å². The van der Waals surface area contributed by atoms with Crippen LogP contribution >= 0.6 is 0 Å². The molecule has 2 N–H and O–H groups in total. The average molecular weight is 590 g/mol. The number of anilines is 2. The monoisotopic (exact) mass is 589 g/mol. The fraction of sp³-hybridized carbons (Fsp3) is 0.556. The van der Waals surface area contributed by atoms with Crippen LogP contribution in [-0.2, 0) is 10.0 Å². The SMILES string of the molecule is Cc1cc(-c2nnc(-c3ccc(S(=O)(=O)NCCO)cc3N3CCC4(CC3)CC4)o2)nc(N2CCC(F)(F)CC2)n1. The van der Waals surface area contributed by atoms with Crippen LogP contribution < -0.4 is 14.5 Å². The number of hydrogen-bond acceptors (Lipinski definition) is 10. The van der Waals surface area contributed by atoms with Crippen molar-refractivity contribution in [3.05, 3.63) is 30.0 Å². The topological polar surface area (TPSA) is 138 Å². The molecule has 1 aromatic carbocycles. The summed E-state index contributed by atoms with van der Waals surface area (Å²) in [6, 6.07) is 6.45. The van der Waals surface area contributed by atoms with Gasteiger partial charge in [0.15, 0.2) is 0 Å². The number of aryl methyl sites for hydroxylation is 1. The third-order valence-corrected chi connectivity index (χ3v) is 9.76. The first kappa shape index (κ1) is 27.9. The smallest absolute Gasteiger partial charge is 0.266 e. The van der Waals surface area contributed by atoms with Gasteiger partial charge in [-0.3, -0.25) is 0 Å². The number of piperidine rings is 2. The van der Waals surface area contributed by atoms with Gasteiger partial charge in [-0.1, -0.05) is 0 Å². The van der Waals surface area contributed by atoms with Gasteiger partial charge in [-0.15, -0.1) is 10.2 Å². The number of sulfonamides is 1. The molecule has 3 aromatic rings. The molecule has 3 fully saturated rings. The van der Waals surface area contributed by atoms with E-state index in [2.05, 4.69) is 29.8 Å². The Morgan fingerprint density at radius 2 is 1.63 bits per heavy atom. The van der Waals surface area contributed by atoms with Gasteiger partial charge in [0.05, 0.1) is 22.8 Å². The molecule has 2 aliphatic heterocycles. The van der Waals surface area contributed by atoms with Gasteiger partial charge < -0.3 is 19.3 Å². The lowest BCUT2D eigenvalue weighted by molar-refractivity contribution is -0.0222. The summed E-state index contributed by atoms with van der Waals surface area (Å²) in [7, 11) is -3.83. The van der Waals surface area contributed by atoms with E-state index in [-0.39, 0.29) is 55.8 Å². The highest BCUT2D eigenvalue weighted by atomic mass is 32.2. The molecular weight excluding hydrogens is 556 g/mol. The maximum atomic E-state index is 13.7. The number of halogens is 2. The summed E-state index contributed by atoms with van der Waals surface area (Å²) in [4.78, 5) is 13.0. The molecule has 0 radical (unpaired) electrons. The molecule has 6 rings (SSSR count). The minimum absolute atomic E-state index is 0.0827. The summed E-state index contributed by atoms with van der Waals surface area (Å²) in [6.07, 6.45) is 4.03. The number of nitrogens with one attached hydrogen (secondary N) is 1. The van der Waals surface area contributed by atoms with E-state index in [1.54, 1.807) is 30.0 Å². The quantitative estimate of drug-likeness (QED) is 0.402. The lowest BCUT2D eigenvalue weighted by Gasteiger charge is -2.34. The van der Waals surface area contributed by atoms with Crippen molar-refractivity contribution in [3.8, 4) is 23.0 Å². The summed E-state index contributed by atoms with van der Waals surface area (Å²) in [5, 5.41) is 17.6. The van der Waals surface area contributed by atoms with Crippen molar-refractivity contribution in [1.29, 1.82) is 0 Å². The number of nitrogens with zero attached hydrogens (tertiary/aromatic N) is 6. The molecule has 41 heavy (non-hydrogen) atoms. The largest absolute Gasteiger partial charge is 0.415 e. The second-order valence-electron chi connectivity index (χ2n) is 11.2. The fourth-order valence-corrected chi connectivity index (χ4v) is 6.60. The molecule has 1 spiro atoms. The molecule has 0 unspecified atom stereocenters. The van der Waals surface area contributed by atoms with Crippen LogP contribution in [0.25, 0.3) is 23.0 Å². The number of aliphatic hydroxyl groups is 1. The first-order valence-electron chi connectivity index (χ1n) is 13.9. The molecule has 1 aliphatic carbocycles. The zero-order valence-electron chi connectivity index (χ0n) is 22.8. The van der Waals surface area contributed by atoms with E-state index in [4.69, 9.17) is 9.52 Å². The third kappa shape index (κ3) is 5.90. The maximum absolute atomic E-state index is 13.7. The lowest BCUT2D eigenvalue weighted by Crippen LogP contribution is -2.40. The lowest BCUT2D eigenvalue weighted by atomic mass is 9.93. The van der Waals surface area contributed by atoms with Gasteiger partial charge in [-0.2, -0.15) is 0 Å². The molecule has 1 saturated carbocycles. The standard InChI is InChI=1S/C27H33F2N7O4S/c1-18-16-21(32-25(31-18)36-13-8-27(28,29)9-14-36)24-34-33-23(40-24)20-3-2-19(41(38,39)30-10-15-37)17-22(20)35-11-6-26(4-5-26)7-12-35/h2-3,16-17,30,37H,4-15H2,1H3. The molecule has 4 heterocycles. The van der Waals surface area contributed by atoms with Crippen LogP contribution in [0.1, 0.15) is 44.2 Å². The first-order valence-corrected chi connectivity index (χ1v) is 15.4. The van der Waals surface area contributed by atoms with E-state index in [1.165, 1.54) is 18.9 Å². The van der Waals surface area contributed by atoms with Gasteiger partial charge in [-0.05, 0) is 62.3 Å². The number of aliphatic hydroxyl groups excluding tert-OH is 1. The second kappa shape index (κ2) is 10.6. The average Bonchev–Trinajstić information content (AvgIpc) is 3.51. The Hall–Kier alpha value is -3.23. The van der Waals surface area contributed by atoms with Gasteiger partial charge in [0, 0.05) is 51.3 Å². The minimum atomic E-state index is -3.83. The maximum Gasteiger partial charge on any atom is 0.266 e. The number of benzene rings is 1. The summed E-state index contributed by atoms with van der Waals surface area (Å²) < 4.78 is 61.6. The molecule has 2 aromatic heterocycles. The van der Waals surface area contributed by atoms with Gasteiger partial charge in [0.25, 0.3) is 11.8 Å². The van der Waals surface area contributed by atoms with Gasteiger partial charge in [0.2, 0.25) is 21.9 Å². The zero-order chi connectivity index (χ0) is 28.8. The second-order valence-corrected chi connectivity index (χ2v) is 13.0. The molecule has 14 heteroatoms. The van der Waals surface area contributed by atoms with E-state index in [1.807, 2.05) is 0 Å². The van der Waals surface area contributed by atoms with Crippen LogP contribution in [0.15, 0.2) is 33.6 Å². The molecule has 2 saturated heterocycles. The van der Waals surface area contributed by atoms with E-state index in [9.17, 15) is 17.2 Å². The molecule has 220 valence electrons. The number of rotatable bonds is 8. The molecular formula is C27H33F2N7O4S. The van der Waals surface area contributed by atoms with Crippen molar-refractivity contribution in [1.82, 2.24) is 24.9 Å². The zero-order valence-corrected chi connectivity index (χ0v) is 23.6. The Balaban J connectivity index is 1.32. The van der Waals surface area contributed by atoms with E-state index < -0.39 is 15.9 Å². The van der Waals surface area contributed by atoms with Crippen LogP contribution in [0.3, 0.4) is 0 Å². The molecule has 3 aliphatic rings. The Kier molecular flexibility index (Phi) is 7.19. The summed E-state index contributed by atoms with van der Waals surface area (Å²) in [5.74, 6) is -1.98. The van der Waals surface area contributed by atoms with Crippen molar-refractivity contribution >= 4 is 21.7 Å². The summed E-state index contributed by atoms with van der Waals surface area (Å²) >= 11 is 0. The van der Waals surface area contributed by atoms with Gasteiger partial charge in [-0.25, -0.2) is 31.9 Å². The van der Waals surface area contributed by atoms with Crippen LogP contribution in [0.5, 0.6) is 0 Å². The third-order valence-electron chi connectivity index (χ3n) is 8.30. The van der Waals surface area contributed by atoms with Crippen LogP contribution in [0.2, 0.25) is 0 Å². The van der Waals surface area contributed by atoms with Crippen molar-refractivity contribution in [2.75, 3.05) is 49.1 Å². The van der Waals surface area contributed by atoms with Crippen molar-refractivity contribution in [3.63, 3.8) is 0 Å². The highest BCUT2D eigenvalue weighted by Crippen LogP contribution is 2.54.